The predicted molar refractivity (Wildman–Crippen MR) is 92.8 cm³/mol. The fourth-order valence-electron chi connectivity index (χ4n) is 3.86. The molecule has 0 bridgehead atoms. The monoisotopic (exact) mass is 346 g/mol. The molecular weight excluding hydrogens is 320 g/mol. The molecule has 1 saturated heterocycles. The van der Waals surface area contributed by atoms with Gasteiger partial charge in [0.05, 0.1) is 12.0 Å². The highest BCUT2D eigenvalue weighted by Gasteiger charge is 2.32. The zero-order chi connectivity index (χ0) is 18.2. The van der Waals surface area contributed by atoms with Crippen molar-refractivity contribution in [2.75, 3.05) is 6.54 Å². The van der Waals surface area contributed by atoms with Crippen LogP contribution < -0.4 is 11.3 Å². The first-order valence-corrected chi connectivity index (χ1v) is 8.94. The zero-order valence-electron chi connectivity index (χ0n) is 15.0. The molecule has 3 rings (SSSR count). The molecule has 2 heterocycles. The number of primary amides is 1. The highest BCUT2D eigenvalue weighted by molar-refractivity contribution is 5.86. The van der Waals surface area contributed by atoms with Gasteiger partial charge in [-0.1, -0.05) is 13.8 Å². The van der Waals surface area contributed by atoms with Gasteiger partial charge in [-0.3, -0.25) is 19.0 Å². The molecule has 1 aliphatic carbocycles. The maximum atomic E-state index is 12.8. The van der Waals surface area contributed by atoms with Gasteiger partial charge in [-0.05, 0) is 43.9 Å². The van der Waals surface area contributed by atoms with E-state index >= 15 is 0 Å². The van der Waals surface area contributed by atoms with Gasteiger partial charge in [0.1, 0.15) is 12.6 Å². The molecule has 1 unspecified atom stereocenters. The Bertz CT molecular complexity index is 753. The largest absolute Gasteiger partial charge is 0.368 e. The van der Waals surface area contributed by atoms with Crippen LogP contribution in [-0.4, -0.2) is 38.9 Å². The Hall–Kier alpha value is -2.18. The van der Waals surface area contributed by atoms with E-state index in [0.29, 0.717) is 19.4 Å². The molecule has 0 saturated carbocycles. The zero-order valence-corrected chi connectivity index (χ0v) is 15.0. The SMILES string of the molecule is CC1(C)CCc2ncn(CC(=O)N3CCCCC3C(N)=O)c(=O)c2C1. The number of aryl methyl sites for hydroxylation is 1. The minimum absolute atomic E-state index is 0.0704. The maximum Gasteiger partial charge on any atom is 0.257 e. The number of amides is 2. The maximum absolute atomic E-state index is 12.8. The third-order valence-electron chi connectivity index (χ3n) is 5.37. The van der Waals surface area contributed by atoms with Gasteiger partial charge in [-0.15, -0.1) is 0 Å². The molecule has 1 aromatic heterocycles. The Morgan fingerprint density at radius 2 is 2.12 bits per heavy atom. The number of carbonyl (C=O) groups is 2. The summed E-state index contributed by atoms with van der Waals surface area (Å²) in [5.74, 6) is -0.729. The quantitative estimate of drug-likeness (QED) is 0.867. The van der Waals surface area contributed by atoms with E-state index in [1.54, 1.807) is 0 Å². The number of nitrogens with two attached hydrogens (primary N) is 1. The van der Waals surface area contributed by atoms with Crippen LogP contribution in [-0.2, 0) is 29.0 Å². The molecule has 136 valence electrons. The summed E-state index contributed by atoms with van der Waals surface area (Å²) < 4.78 is 1.37. The molecule has 7 nitrogen and oxygen atoms in total. The van der Waals surface area contributed by atoms with Crippen LogP contribution >= 0.6 is 0 Å². The third kappa shape index (κ3) is 3.60. The van der Waals surface area contributed by atoms with Crippen LogP contribution in [0.15, 0.2) is 11.1 Å². The molecule has 2 N–H and O–H groups in total. The van der Waals surface area contributed by atoms with Crippen LogP contribution in [0.1, 0.15) is 50.8 Å². The molecule has 0 spiro atoms. The number of hydrogen-bond acceptors (Lipinski definition) is 4. The van der Waals surface area contributed by atoms with Gasteiger partial charge in [-0.25, -0.2) is 4.98 Å². The van der Waals surface area contributed by atoms with Gasteiger partial charge in [-0.2, -0.15) is 0 Å². The van der Waals surface area contributed by atoms with Crippen LogP contribution in [0.5, 0.6) is 0 Å². The fraction of sp³-hybridized carbons (Fsp3) is 0.667. The van der Waals surface area contributed by atoms with Gasteiger partial charge in [0, 0.05) is 12.1 Å². The van der Waals surface area contributed by atoms with E-state index in [-0.39, 0.29) is 23.4 Å². The molecule has 25 heavy (non-hydrogen) atoms. The average Bonchev–Trinajstić information content (AvgIpc) is 2.57. The molecule has 1 aromatic rings. The number of aromatic nitrogens is 2. The normalized spacial score (nSPS) is 22.3. The Labute approximate surface area is 147 Å². The number of likely N-dealkylation sites (tertiary alicyclic amines) is 1. The summed E-state index contributed by atoms with van der Waals surface area (Å²) in [6.07, 6.45) is 6.25. The minimum Gasteiger partial charge on any atom is -0.368 e. The number of piperidine rings is 1. The van der Waals surface area contributed by atoms with E-state index in [2.05, 4.69) is 18.8 Å². The Balaban J connectivity index is 1.82. The van der Waals surface area contributed by atoms with Gasteiger partial charge in [0.25, 0.3) is 5.56 Å². The summed E-state index contributed by atoms with van der Waals surface area (Å²) in [7, 11) is 0. The molecule has 1 aliphatic heterocycles. The van der Waals surface area contributed by atoms with E-state index < -0.39 is 11.9 Å². The van der Waals surface area contributed by atoms with Gasteiger partial charge >= 0.3 is 0 Å². The summed E-state index contributed by atoms with van der Waals surface area (Å²) in [4.78, 5) is 43.0. The van der Waals surface area contributed by atoms with Gasteiger partial charge < -0.3 is 10.6 Å². The molecule has 2 amide bonds. The number of carbonyl (C=O) groups excluding carboxylic acids is 2. The summed E-state index contributed by atoms with van der Waals surface area (Å²) in [6.45, 7) is 4.70. The minimum atomic E-state index is -0.568. The van der Waals surface area contributed by atoms with Crippen LogP contribution in [0, 0.1) is 5.41 Å². The van der Waals surface area contributed by atoms with Crippen molar-refractivity contribution in [3.63, 3.8) is 0 Å². The summed E-state index contributed by atoms with van der Waals surface area (Å²) >= 11 is 0. The molecular formula is C18H26N4O3. The smallest absolute Gasteiger partial charge is 0.257 e. The lowest BCUT2D eigenvalue weighted by Crippen LogP contribution is -2.52. The highest BCUT2D eigenvalue weighted by atomic mass is 16.2. The Morgan fingerprint density at radius 1 is 1.36 bits per heavy atom. The second-order valence-corrected chi connectivity index (χ2v) is 7.94. The Morgan fingerprint density at radius 3 is 2.84 bits per heavy atom. The molecule has 1 atom stereocenters. The number of hydrogen-bond donors (Lipinski definition) is 1. The van der Waals surface area contributed by atoms with Crippen LogP contribution in [0.25, 0.3) is 0 Å². The second-order valence-electron chi connectivity index (χ2n) is 7.94. The van der Waals surface area contributed by atoms with Crippen molar-refractivity contribution in [2.24, 2.45) is 11.1 Å². The highest BCUT2D eigenvalue weighted by Crippen LogP contribution is 2.32. The van der Waals surface area contributed by atoms with Crippen molar-refractivity contribution in [1.29, 1.82) is 0 Å². The first-order valence-electron chi connectivity index (χ1n) is 8.94. The lowest BCUT2D eigenvalue weighted by Gasteiger charge is -2.34. The molecule has 0 radical (unpaired) electrons. The van der Waals surface area contributed by atoms with E-state index in [0.717, 1.165) is 36.9 Å². The molecule has 7 heteroatoms. The number of fused-ring (bicyclic) bond motifs is 1. The first kappa shape index (κ1) is 17.6. The van der Waals surface area contributed by atoms with Crippen molar-refractivity contribution in [3.8, 4) is 0 Å². The number of nitrogens with zero attached hydrogens (tertiary/aromatic N) is 3. The van der Waals surface area contributed by atoms with E-state index in [4.69, 9.17) is 5.73 Å². The molecule has 2 aliphatic rings. The lowest BCUT2D eigenvalue weighted by atomic mass is 9.76. The standard InChI is InChI=1S/C18H26N4O3/c1-18(2)7-6-13-12(9-18)17(25)21(11-20-13)10-15(23)22-8-4-3-5-14(22)16(19)24/h11,14H,3-10H2,1-2H3,(H2,19,24). The van der Waals surface area contributed by atoms with Crippen LogP contribution in [0.4, 0.5) is 0 Å². The van der Waals surface area contributed by atoms with Crippen molar-refractivity contribution in [1.82, 2.24) is 14.5 Å². The first-order chi connectivity index (χ1) is 11.8. The van der Waals surface area contributed by atoms with Crippen molar-refractivity contribution in [3.05, 3.63) is 27.9 Å². The van der Waals surface area contributed by atoms with E-state index in [1.165, 1.54) is 15.8 Å². The summed E-state index contributed by atoms with van der Waals surface area (Å²) in [6, 6.07) is -0.568. The lowest BCUT2D eigenvalue weighted by molar-refractivity contribution is -0.141. The van der Waals surface area contributed by atoms with Gasteiger partial charge in [0.2, 0.25) is 11.8 Å². The topological polar surface area (TPSA) is 98.3 Å². The van der Waals surface area contributed by atoms with E-state index in [1.807, 2.05) is 0 Å². The van der Waals surface area contributed by atoms with Crippen molar-refractivity contribution < 1.29 is 9.59 Å². The summed E-state index contributed by atoms with van der Waals surface area (Å²) in [5.41, 5.74) is 6.92. The van der Waals surface area contributed by atoms with Gasteiger partial charge in [0.15, 0.2) is 0 Å². The van der Waals surface area contributed by atoms with Crippen molar-refractivity contribution >= 4 is 11.8 Å². The average molecular weight is 346 g/mol. The fourth-order valence-corrected chi connectivity index (χ4v) is 3.86. The predicted octanol–water partition coefficient (Wildman–Crippen LogP) is 0.625. The Kier molecular flexibility index (Phi) is 4.67. The van der Waals surface area contributed by atoms with Crippen molar-refractivity contribution in [2.45, 2.75) is 65.0 Å². The van der Waals surface area contributed by atoms with E-state index in [9.17, 15) is 14.4 Å². The second kappa shape index (κ2) is 6.61. The summed E-state index contributed by atoms with van der Waals surface area (Å²) in [5, 5.41) is 0. The molecule has 1 fully saturated rings. The third-order valence-corrected chi connectivity index (χ3v) is 5.37. The number of rotatable bonds is 3. The van der Waals surface area contributed by atoms with Crippen LogP contribution in [0.2, 0.25) is 0 Å². The van der Waals surface area contributed by atoms with Crippen LogP contribution in [0.3, 0.4) is 0 Å². The molecule has 0 aromatic carbocycles.